The van der Waals surface area contributed by atoms with E-state index >= 15 is 0 Å². The van der Waals surface area contributed by atoms with E-state index in [0.717, 1.165) is 29.0 Å². The number of nitrogens with zero attached hydrogens (tertiary/aromatic N) is 2. The molecule has 1 aromatic rings. The average molecular weight is 345 g/mol. The fourth-order valence-electron chi connectivity index (χ4n) is 2.40. The maximum atomic E-state index is 12.7. The van der Waals surface area contributed by atoms with E-state index in [4.69, 9.17) is 0 Å². The van der Waals surface area contributed by atoms with E-state index in [2.05, 4.69) is 43.6 Å². The van der Waals surface area contributed by atoms with Crippen molar-refractivity contribution in [2.24, 2.45) is 0 Å². The van der Waals surface area contributed by atoms with Gasteiger partial charge in [-0.3, -0.25) is 4.79 Å². The van der Waals surface area contributed by atoms with Crippen LogP contribution >= 0.6 is 27.7 Å². The quantitative estimate of drug-likeness (QED) is 0.815. The van der Waals surface area contributed by atoms with Crippen molar-refractivity contribution >= 4 is 33.6 Å². The molecule has 0 radical (unpaired) electrons. The Balaban J connectivity index is 2.24. The molecular formula is C14H21BrN2OS. The van der Waals surface area contributed by atoms with Crippen LogP contribution in [-0.4, -0.2) is 39.0 Å². The zero-order valence-corrected chi connectivity index (χ0v) is 14.3. The van der Waals surface area contributed by atoms with Gasteiger partial charge in [0.2, 0.25) is 0 Å². The molecule has 1 aliphatic rings. The molecule has 5 heteroatoms. The molecule has 2 heterocycles. The molecule has 1 saturated heterocycles. The van der Waals surface area contributed by atoms with Crippen LogP contribution < -0.4 is 0 Å². The second-order valence-electron chi connectivity index (χ2n) is 5.88. The molecule has 0 saturated carbocycles. The van der Waals surface area contributed by atoms with Gasteiger partial charge in [-0.05, 0) is 49.7 Å². The molecule has 0 aromatic carbocycles. The Hall–Kier alpha value is -0.420. The summed E-state index contributed by atoms with van der Waals surface area (Å²) in [7, 11) is 0. The van der Waals surface area contributed by atoms with E-state index in [1.54, 1.807) is 0 Å². The molecule has 1 amide bonds. The summed E-state index contributed by atoms with van der Waals surface area (Å²) >= 11 is 5.41. The van der Waals surface area contributed by atoms with Crippen molar-refractivity contribution in [1.82, 2.24) is 9.47 Å². The van der Waals surface area contributed by atoms with Gasteiger partial charge in [0.25, 0.3) is 5.91 Å². The van der Waals surface area contributed by atoms with Gasteiger partial charge in [-0.25, -0.2) is 0 Å². The third kappa shape index (κ3) is 3.37. The van der Waals surface area contributed by atoms with E-state index in [0.29, 0.717) is 0 Å². The van der Waals surface area contributed by atoms with Gasteiger partial charge in [0.05, 0.1) is 0 Å². The zero-order valence-electron chi connectivity index (χ0n) is 11.9. The van der Waals surface area contributed by atoms with Crippen LogP contribution in [0, 0.1) is 0 Å². The van der Waals surface area contributed by atoms with Crippen molar-refractivity contribution in [2.75, 3.05) is 18.8 Å². The largest absolute Gasteiger partial charge is 0.340 e. The monoisotopic (exact) mass is 344 g/mol. The van der Waals surface area contributed by atoms with Crippen LogP contribution in [0.5, 0.6) is 0 Å². The third-order valence-corrected chi connectivity index (χ3v) is 5.03. The van der Waals surface area contributed by atoms with E-state index in [1.807, 2.05) is 33.5 Å². The molecule has 2 rings (SSSR count). The summed E-state index contributed by atoms with van der Waals surface area (Å²) in [5.74, 6) is 1.16. The summed E-state index contributed by atoms with van der Waals surface area (Å²) in [5, 5.41) is 0. The van der Waals surface area contributed by atoms with Crippen LogP contribution in [-0.2, 0) is 0 Å². The first-order valence-corrected chi connectivity index (χ1v) is 8.38. The van der Waals surface area contributed by atoms with Gasteiger partial charge < -0.3 is 9.47 Å². The first-order chi connectivity index (χ1) is 8.80. The van der Waals surface area contributed by atoms with Crippen molar-refractivity contribution in [3.63, 3.8) is 0 Å². The van der Waals surface area contributed by atoms with Crippen molar-refractivity contribution in [2.45, 2.75) is 38.5 Å². The topological polar surface area (TPSA) is 25.2 Å². The number of aromatic nitrogens is 1. The van der Waals surface area contributed by atoms with E-state index in [9.17, 15) is 4.79 Å². The van der Waals surface area contributed by atoms with Crippen LogP contribution in [0.4, 0.5) is 0 Å². The Morgan fingerprint density at radius 3 is 2.74 bits per heavy atom. The molecule has 19 heavy (non-hydrogen) atoms. The minimum Gasteiger partial charge on any atom is -0.340 e. The Morgan fingerprint density at radius 1 is 1.47 bits per heavy atom. The molecule has 106 valence electrons. The zero-order chi connectivity index (χ0) is 14.2. The Morgan fingerprint density at radius 2 is 2.16 bits per heavy atom. The second-order valence-corrected chi connectivity index (χ2v) is 8.60. The standard InChI is InChI=1S/C14H21BrN2OS/c1-10(2)17-8-11(15)7-12(17)13(18)16-5-6-19-14(3,4)9-16/h7-8,10H,5-6,9H2,1-4H3. The SMILES string of the molecule is CC(C)n1cc(Br)cc1C(=O)N1CCSC(C)(C)C1. The minimum absolute atomic E-state index is 0.146. The number of rotatable bonds is 2. The molecule has 1 aliphatic heterocycles. The summed E-state index contributed by atoms with van der Waals surface area (Å²) in [6.07, 6.45) is 1.99. The Kier molecular flexibility index (Phi) is 4.35. The number of hydrogen-bond acceptors (Lipinski definition) is 2. The highest BCUT2D eigenvalue weighted by molar-refractivity contribution is 9.10. The van der Waals surface area contributed by atoms with E-state index < -0.39 is 0 Å². The first-order valence-electron chi connectivity index (χ1n) is 6.61. The molecule has 1 aromatic heterocycles. The highest BCUT2D eigenvalue weighted by Gasteiger charge is 2.31. The third-order valence-electron chi connectivity index (χ3n) is 3.30. The Bertz CT molecular complexity index is 482. The number of hydrogen-bond donors (Lipinski definition) is 0. The van der Waals surface area contributed by atoms with Crippen molar-refractivity contribution in [3.8, 4) is 0 Å². The molecule has 1 fully saturated rings. The van der Waals surface area contributed by atoms with Crippen LogP contribution in [0.1, 0.15) is 44.2 Å². The average Bonchev–Trinajstić information content (AvgIpc) is 2.69. The smallest absolute Gasteiger partial charge is 0.270 e. The number of thioether (sulfide) groups is 1. The fraction of sp³-hybridized carbons (Fsp3) is 0.643. The lowest BCUT2D eigenvalue weighted by molar-refractivity contribution is 0.0735. The predicted octanol–water partition coefficient (Wildman–Crippen LogP) is 3.80. The summed E-state index contributed by atoms with van der Waals surface area (Å²) < 4.78 is 3.16. The molecule has 0 unspecified atom stereocenters. The van der Waals surface area contributed by atoms with Gasteiger partial charge >= 0.3 is 0 Å². The predicted molar refractivity (Wildman–Crippen MR) is 85.0 cm³/mol. The van der Waals surface area contributed by atoms with Crippen LogP contribution in [0.25, 0.3) is 0 Å². The summed E-state index contributed by atoms with van der Waals surface area (Å²) in [4.78, 5) is 14.7. The van der Waals surface area contributed by atoms with Gasteiger partial charge in [-0.1, -0.05) is 0 Å². The van der Waals surface area contributed by atoms with Gasteiger partial charge in [-0.15, -0.1) is 0 Å². The van der Waals surface area contributed by atoms with Crippen LogP contribution in [0.3, 0.4) is 0 Å². The van der Waals surface area contributed by atoms with Gasteiger partial charge in [0.15, 0.2) is 0 Å². The second kappa shape index (κ2) is 5.52. The maximum absolute atomic E-state index is 12.7. The summed E-state index contributed by atoms with van der Waals surface area (Å²) in [6.45, 7) is 10.3. The summed E-state index contributed by atoms with van der Waals surface area (Å²) in [6, 6.07) is 2.22. The lowest BCUT2D eigenvalue weighted by Crippen LogP contribution is -2.46. The molecule has 0 bridgehead atoms. The van der Waals surface area contributed by atoms with Gasteiger partial charge in [0.1, 0.15) is 5.69 Å². The number of halogens is 1. The lowest BCUT2D eigenvalue weighted by Gasteiger charge is -2.37. The van der Waals surface area contributed by atoms with Crippen molar-refractivity contribution in [1.29, 1.82) is 0 Å². The number of amides is 1. The minimum atomic E-state index is 0.146. The highest BCUT2D eigenvalue weighted by atomic mass is 79.9. The van der Waals surface area contributed by atoms with Gasteiger partial charge in [0, 0.05) is 40.3 Å². The Labute approximate surface area is 127 Å². The fourth-order valence-corrected chi connectivity index (χ4v) is 3.94. The maximum Gasteiger partial charge on any atom is 0.270 e. The molecule has 0 aliphatic carbocycles. The van der Waals surface area contributed by atoms with Crippen LogP contribution in [0.15, 0.2) is 16.7 Å². The number of carbonyl (C=O) groups is 1. The lowest BCUT2D eigenvalue weighted by atomic mass is 10.1. The molecular weight excluding hydrogens is 324 g/mol. The van der Waals surface area contributed by atoms with Crippen LogP contribution in [0.2, 0.25) is 0 Å². The first kappa shape index (κ1) is 15.0. The molecule has 3 nitrogen and oxygen atoms in total. The van der Waals surface area contributed by atoms with E-state index in [-0.39, 0.29) is 16.7 Å². The van der Waals surface area contributed by atoms with Crippen molar-refractivity contribution in [3.05, 3.63) is 22.4 Å². The summed E-state index contributed by atoms with van der Waals surface area (Å²) in [5.41, 5.74) is 0.782. The normalized spacial score (nSPS) is 18.9. The molecule has 0 atom stereocenters. The molecule has 0 spiro atoms. The van der Waals surface area contributed by atoms with Gasteiger partial charge in [-0.2, -0.15) is 11.8 Å². The molecule has 0 N–H and O–H groups in total. The van der Waals surface area contributed by atoms with E-state index in [1.165, 1.54) is 0 Å². The highest BCUT2D eigenvalue weighted by Crippen LogP contribution is 2.31. The number of carbonyl (C=O) groups excluding carboxylic acids is 1. The van der Waals surface area contributed by atoms with Crippen molar-refractivity contribution < 1.29 is 4.79 Å².